The minimum atomic E-state index is -0.358. The largest absolute Gasteiger partial charge is 0.437 e. The molecule has 0 spiro atoms. The SMILES string of the molecule is Cc1ccc2c(oc3nc(-c4ccc5ccccc5c4)c(F)cc32)c1-c1cccc[n+]1C. The maximum atomic E-state index is 15.3. The third kappa shape index (κ3) is 2.80. The molecule has 0 aliphatic rings. The van der Waals surface area contributed by atoms with E-state index in [9.17, 15) is 0 Å². The number of hydrogen-bond acceptors (Lipinski definition) is 2. The quantitative estimate of drug-likeness (QED) is 0.291. The molecule has 0 amide bonds. The molecular formula is C28H20FN2O+. The van der Waals surface area contributed by atoms with E-state index < -0.39 is 0 Å². The van der Waals surface area contributed by atoms with E-state index in [0.29, 0.717) is 16.8 Å². The molecule has 0 unspecified atom stereocenters. The molecule has 0 fully saturated rings. The predicted octanol–water partition coefficient (Wildman–Crippen LogP) is 6.74. The Morgan fingerprint density at radius 2 is 1.66 bits per heavy atom. The first-order valence-electron chi connectivity index (χ1n) is 10.6. The van der Waals surface area contributed by atoms with Crippen molar-refractivity contribution in [2.45, 2.75) is 6.92 Å². The first-order valence-corrected chi connectivity index (χ1v) is 10.6. The first-order chi connectivity index (χ1) is 15.6. The van der Waals surface area contributed by atoms with E-state index in [1.165, 1.54) is 0 Å². The second-order valence-corrected chi connectivity index (χ2v) is 8.17. The van der Waals surface area contributed by atoms with E-state index in [0.717, 1.165) is 44.1 Å². The molecule has 0 aliphatic carbocycles. The second-order valence-electron chi connectivity index (χ2n) is 8.17. The summed E-state index contributed by atoms with van der Waals surface area (Å²) in [7, 11) is 2.01. The summed E-state index contributed by atoms with van der Waals surface area (Å²) in [5.41, 5.74) is 5.31. The molecule has 0 N–H and O–H groups in total. The van der Waals surface area contributed by atoms with Crippen molar-refractivity contribution in [3.63, 3.8) is 0 Å². The van der Waals surface area contributed by atoms with Crippen LogP contribution >= 0.6 is 0 Å². The van der Waals surface area contributed by atoms with Crippen LogP contribution in [0.5, 0.6) is 0 Å². The van der Waals surface area contributed by atoms with Gasteiger partial charge in [-0.3, -0.25) is 0 Å². The highest BCUT2D eigenvalue weighted by Crippen LogP contribution is 2.38. The topological polar surface area (TPSA) is 29.9 Å². The average Bonchev–Trinajstić information content (AvgIpc) is 3.16. The Hall–Kier alpha value is -4.05. The fourth-order valence-corrected chi connectivity index (χ4v) is 4.48. The normalized spacial score (nSPS) is 11.6. The van der Waals surface area contributed by atoms with Gasteiger partial charge in [0.1, 0.15) is 18.6 Å². The Bertz CT molecular complexity index is 1670. The van der Waals surface area contributed by atoms with Gasteiger partial charge in [-0.15, -0.1) is 0 Å². The van der Waals surface area contributed by atoms with Crippen LogP contribution in [0, 0.1) is 12.7 Å². The second kappa shape index (κ2) is 6.99. The maximum Gasteiger partial charge on any atom is 0.228 e. The number of halogens is 1. The summed E-state index contributed by atoms with van der Waals surface area (Å²) in [4.78, 5) is 4.63. The lowest BCUT2D eigenvalue weighted by molar-refractivity contribution is -0.660. The zero-order valence-electron chi connectivity index (χ0n) is 17.8. The highest BCUT2D eigenvalue weighted by molar-refractivity contribution is 6.09. The summed E-state index contributed by atoms with van der Waals surface area (Å²) in [6.07, 6.45) is 2.01. The predicted molar refractivity (Wildman–Crippen MR) is 126 cm³/mol. The first kappa shape index (κ1) is 18.7. The van der Waals surface area contributed by atoms with Crippen LogP contribution in [0.4, 0.5) is 4.39 Å². The molecule has 3 heterocycles. The van der Waals surface area contributed by atoms with Crippen LogP contribution < -0.4 is 4.57 Å². The lowest BCUT2D eigenvalue weighted by Crippen LogP contribution is -2.30. The summed E-state index contributed by atoms with van der Waals surface area (Å²) < 4.78 is 23.6. The van der Waals surface area contributed by atoms with Gasteiger partial charge in [0.2, 0.25) is 11.4 Å². The van der Waals surface area contributed by atoms with E-state index in [1.807, 2.05) is 73.9 Å². The van der Waals surface area contributed by atoms with Gasteiger partial charge >= 0.3 is 0 Å². The highest BCUT2D eigenvalue weighted by atomic mass is 19.1. The van der Waals surface area contributed by atoms with E-state index >= 15 is 4.39 Å². The van der Waals surface area contributed by atoms with Crippen molar-refractivity contribution in [1.82, 2.24) is 4.98 Å². The van der Waals surface area contributed by atoms with E-state index in [1.54, 1.807) is 6.07 Å². The lowest BCUT2D eigenvalue weighted by atomic mass is 10.0. The minimum absolute atomic E-state index is 0.297. The molecule has 0 saturated carbocycles. The molecule has 6 rings (SSSR count). The standard InChI is InChI=1S/C28H20FN2O/c1-17-10-13-21-22-16-23(29)26(20-12-11-18-7-3-4-8-19(18)15-20)30-28(22)32-27(21)25(17)24-9-5-6-14-31(24)2/h3-16H,1-2H3/q+1. The van der Waals surface area contributed by atoms with Gasteiger partial charge in [0.25, 0.3) is 0 Å². The molecule has 0 aliphatic heterocycles. The molecule has 6 aromatic rings. The van der Waals surface area contributed by atoms with Crippen molar-refractivity contribution >= 4 is 32.8 Å². The lowest BCUT2D eigenvalue weighted by Gasteiger charge is -2.05. The molecule has 154 valence electrons. The molecule has 32 heavy (non-hydrogen) atoms. The summed E-state index contributed by atoms with van der Waals surface area (Å²) >= 11 is 0. The number of aryl methyl sites for hydroxylation is 2. The van der Waals surface area contributed by atoms with Crippen molar-refractivity contribution in [2.24, 2.45) is 7.05 Å². The van der Waals surface area contributed by atoms with Gasteiger partial charge in [-0.1, -0.05) is 48.5 Å². The number of rotatable bonds is 2. The Morgan fingerprint density at radius 1 is 0.844 bits per heavy atom. The van der Waals surface area contributed by atoms with Crippen LogP contribution in [-0.4, -0.2) is 4.98 Å². The van der Waals surface area contributed by atoms with Crippen LogP contribution in [0.2, 0.25) is 0 Å². The number of hydrogen-bond donors (Lipinski definition) is 0. The summed E-state index contributed by atoms with van der Waals surface area (Å²) in [6, 6.07) is 25.5. The smallest absolute Gasteiger partial charge is 0.228 e. The molecule has 3 nitrogen and oxygen atoms in total. The van der Waals surface area contributed by atoms with Crippen LogP contribution in [0.15, 0.2) is 89.5 Å². The molecule has 0 bridgehead atoms. The number of nitrogens with zero attached hydrogens (tertiary/aromatic N) is 2. The maximum absolute atomic E-state index is 15.3. The van der Waals surface area contributed by atoms with Gasteiger partial charge in [0.15, 0.2) is 11.8 Å². The summed E-state index contributed by atoms with van der Waals surface area (Å²) in [6.45, 7) is 2.06. The van der Waals surface area contributed by atoms with Gasteiger partial charge in [-0.2, -0.15) is 0 Å². The van der Waals surface area contributed by atoms with E-state index in [4.69, 9.17) is 4.42 Å². The minimum Gasteiger partial charge on any atom is -0.437 e. The fourth-order valence-electron chi connectivity index (χ4n) is 4.48. The van der Waals surface area contributed by atoms with Crippen molar-refractivity contribution in [2.75, 3.05) is 0 Å². The molecular weight excluding hydrogens is 399 g/mol. The number of fused-ring (bicyclic) bond motifs is 4. The van der Waals surface area contributed by atoms with E-state index in [2.05, 4.69) is 28.6 Å². The summed E-state index contributed by atoms with van der Waals surface area (Å²) in [5, 5.41) is 3.70. The van der Waals surface area contributed by atoms with Gasteiger partial charge in [-0.25, -0.2) is 13.9 Å². The summed E-state index contributed by atoms with van der Waals surface area (Å²) in [5.74, 6) is -0.358. The van der Waals surface area contributed by atoms with E-state index in [-0.39, 0.29) is 5.82 Å². The molecule has 0 atom stereocenters. The van der Waals surface area contributed by atoms with Gasteiger partial charge < -0.3 is 4.42 Å². The Morgan fingerprint density at radius 3 is 2.50 bits per heavy atom. The average molecular weight is 419 g/mol. The zero-order valence-corrected chi connectivity index (χ0v) is 17.8. The zero-order chi connectivity index (χ0) is 21.8. The Balaban J connectivity index is 1.61. The van der Waals surface area contributed by atoms with Crippen molar-refractivity contribution in [3.05, 3.63) is 96.4 Å². The third-order valence-corrected chi connectivity index (χ3v) is 6.13. The van der Waals surface area contributed by atoms with Crippen LogP contribution in [0.1, 0.15) is 5.56 Å². The molecule has 4 heteroatoms. The van der Waals surface area contributed by atoms with Crippen LogP contribution in [-0.2, 0) is 7.05 Å². The van der Waals surface area contributed by atoms with Crippen LogP contribution in [0.25, 0.3) is 55.4 Å². The molecule has 3 aromatic heterocycles. The number of benzene rings is 3. The fraction of sp³-hybridized carbons (Fsp3) is 0.0714. The monoisotopic (exact) mass is 419 g/mol. The molecule has 0 radical (unpaired) electrons. The third-order valence-electron chi connectivity index (χ3n) is 6.13. The Labute approximate surface area is 184 Å². The highest BCUT2D eigenvalue weighted by Gasteiger charge is 2.22. The van der Waals surface area contributed by atoms with Gasteiger partial charge in [-0.05, 0) is 41.5 Å². The molecule has 0 saturated heterocycles. The van der Waals surface area contributed by atoms with Crippen molar-refractivity contribution in [1.29, 1.82) is 0 Å². The van der Waals surface area contributed by atoms with Crippen LogP contribution in [0.3, 0.4) is 0 Å². The van der Waals surface area contributed by atoms with Gasteiger partial charge in [0, 0.05) is 23.1 Å². The van der Waals surface area contributed by atoms with Crippen molar-refractivity contribution < 1.29 is 13.4 Å². The van der Waals surface area contributed by atoms with Crippen molar-refractivity contribution in [3.8, 4) is 22.5 Å². The number of pyridine rings is 2. The number of aromatic nitrogens is 2. The van der Waals surface area contributed by atoms with Gasteiger partial charge in [0.05, 0.1) is 10.9 Å². The number of furan rings is 1. The Kier molecular flexibility index (Phi) is 4.08. The molecule has 3 aromatic carbocycles.